The zero-order valence-electron chi connectivity index (χ0n) is 13.0. The van der Waals surface area contributed by atoms with Crippen LogP contribution in [0.15, 0.2) is 24.5 Å². The lowest BCUT2D eigenvalue weighted by atomic mass is 10.0. The molecule has 0 saturated heterocycles. The standard InChI is InChI=1S/C16H23N5/c1-4-13-14(10-17)16(20-19-15(13)5-2)21(3)11-12-6-8-18-9-7-12/h6-9H,4-5,10-11,17H2,1-3H3. The average Bonchev–Trinajstić information content (AvgIpc) is 2.53. The van der Waals surface area contributed by atoms with Gasteiger partial charge in [0.1, 0.15) is 0 Å². The molecule has 0 spiro atoms. The molecule has 0 aliphatic rings. The average molecular weight is 285 g/mol. The number of pyridine rings is 1. The molecule has 0 aromatic carbocycles. The number of hydrogen-bond donors (Lipinski definition) is 1. The first kappa shape index (κ1) is 15.4. The van der Waals surface area contributed by atoms with Gasteiger partial charge < -0.3 is 10.6 Å². The first-order valence-electron chi connectivity index (χ1n) is 7.38. The minimum Gasteiger partial charge on any atom is -0.354 e. The van der Waals surface area contributed by atoms with E-state index in [9.17, 15) is 0 Å². The fraction of sp³-hybridized carbons (Fsp3) is 0.438. The van der Waals surface area contributed by atoms with Crippen molar-refractivity contribution in [1.82, 2.24) is 15.2 Å². The van der Waals surface area contributed by atoms with Gasteiger partial charge in [-0.15, -0.1) is 5.10 Å². The van der Waals surface area contributed by atoms with Gasteiger partial charge in [0.2, 0.25) is 0 Å². The lowest BCUT2D eigenvalue weighted by molar-refractivity contribution is 0.794. The molecule has 0 aliphatic heterocycles. The van der Waals surface area contributed by atoms with E-state index >= 15 is 0 Å². The lowest BCUT2D eigenvalue weighted by Gasteiger charge is -2.23. The van der Waals surface area contributed by atoms with Crippen molar-refractivity contribution in [3.05, 3.63) is 46.9 Å². The van der Waals surface area contributed by atoms with Crippen LogP contribution in [0.5, 0.6) is 0 Å². The van der Waals surface area contributed by atoms with E-state index in [1.807, 2.05) is 19.2 Å². The van der Waals surface area contributed by atoms with Crippen LogP contribution in [0, 0.1) is 0 Å². The number of nitrogens with two attached hydrogens (primary N) is 1. The molecule has 5 nitrogen and oxygen atoms in total. The van der Waals surface area contributed by atoms with Crippen LogP contribution in [0.4, 0.5) is 5.82 Å². The Bertz CT molecular complexity index is 583. The van der Waals surface area contributed by atoms with Gasteiger partial charge in [0.05, 0.1) is 5.69 Å². The second kappa shape index (κ2) is 7.13. The van der Waals surface area contributed by atoms with Crippen LogP contribution in [-0.2, 0) is 25.9 Å². The predicted molar refractivity (Wildman–Crippen MR) is 85.0 cm³/mol. The van der Waals surface area contributed by atoms with Gasteiger partial charge in [0.15, 0.2) is 5.82 Å². The van der Waals surface area contributed by atoms with Crippen LogP contribution in [-0.4, -0.2) is 22.2 Å². The van der Waals surface area contributed by atoms with Gasteiger partial charge in [-0.25, -0.2) is 0 Å². The summed E-state index contributed by atoms with van der Waals surface area (Å²) in [5, 5.41) is 8.79. The van der Waals surface area contributed by atoms with E-state index < -0.39 is 0 Å². The first-order valence-corrected chi connectivity index (χ1v) is 7.38. The highest BCUT2D eigenvalue weighted by Gasteiger charge is 2.16. The van der Waals surface area contributed by atoms with Crippen molar-refractivity contribution in [2.24, 2.45) is 5.73 Å². The number of anilines is 1. The first-order chi connectivity index (χ1) is 10.2. The monoisotopic (exact) mass is 285 g/mol. The Labute approximate surface area is 126 Å². The third-order valence-corrected chi connectivity index (χ3v) is 3.67. The molecule has 0 saturated carbocycles. The lowest BCUT2D eigenvalue weighted by Crippen LogP contribution is -2.23. The molecule has 2 aromatic heterocycles. The predicted octanol–water partition coefficient (Wildman–Crippen LogP) is 2.09. The molecule has 21 heavy (non-hydrogen) atoms. The quantitative estimate of drug-likeness (QED) is 0.880. The van der Waals surface area contributed by atoms with Gasteiger partial charge in [0, 0.05) is 38.1 Å². The van der Waals surface area contributed by atoms with E-state index in [2.05, 4.69) is 33.9 Å². The van der Waals surface area contributed by atoms with Gasteiger partial charge in [0.25, 0.3) is 0 Å². The molecule has 0 radical (unpaired) electrons. The summed E-state index contributed by atoms with van der Waals surface area (Å²) < 4.78 is 0. The molecule has 0 atom stereocenters. The fourth-order valence-electron chi connectivity index (χ4n) is 2.60. The molecule has 0 unspecified atom stereocenters. The Morgan fingerprint density at radius 1 is 1.05 bits per heavy atom. The Balaban J connectivity index is 2.34. The van der Waals surface area contributed by atoms with Crippen LogP contribution < -0.4 is 10.6 Å². The molecule has 112 valence electrons. The number of aromatic nitrogens is 3. The Morgan fingerprint density at radius 2 is 1.76 bits per heavy atom. The molecule has 2 heterocycles. The van der Waals surface area contributed by atoms with E-state index in [1.165, 1.54) is 11.1 Å². The molecule has 0 aliphatic carbocycles. The normalized spacial score (nSPS) is 10.7. The highest BCUT2D eigenvalue weighted by Crippen LogP contribution is 2.23. The van der Waals surface area contributed by atoms with Crippen molar-refractivity contribution >= 4 is 5.82 Å². The molecule has 2 N–H and O–H groups in total. The number of aryl methyl sites for hydroxylation is 1. The smallest absolute Gasteiger partial charge is 0.156 e. The summed E-state index contributed by atoms with van der Waals surface area (Å²) >= 11 is 0. The third-order valence-electron chi connectivity index (χ3n) is 3.67. The van der Waals surface area contributed by atoms with Crippen LogP contribution in [0.25, 0.3) is 0 Å². The van der Waals surface area contributed by atoms with Crippen molar-refractivity contribution in [3.8, 4) is 0 Å². The van der Waals surface area contributed by atoms with E-state index in [1.54, 1.807) is 12.4 Å². The summed E-state index contributed by atoms with van der Waals surface area (Å²) in [6.45, 7) is 5.49. The maximum absolute atomic E-state index is 5.98. The van der Waals surface area contributed by atoms with E-state index in [-0.39, 0.29) is 0 Å². The maximum Gasteiger partial charge on any atom is 0.156 e. The molecular formula is C16H23N5. The van der Waals surface area contributed by atoms with Crippen LogP contribution in [0.2, 0.25) is 0 Å². The van der Waals surface area contributed by atoms with Crippen LogP contribution in [0.1, 0.15) is 36.2 Å². The Kier molecular flexibility index (Phi) is 5.22. The van der Waals surface area contributed by atoms with Gasteiger partial charge in [-0.05, 0) is 36.1 Å². The summed E-state index contributed by atoms with van der Waals surface area (Å²) in [6.07, 6.45) is 5.42. The van der Waals surface area contributed by atoms with Crippen molar-refractivity contribution in [2.75, 3.05) is 11.9 Å². The van der Waals surface area contributed by atoms with E-state index in [4.69, 9.17) is 5.73 Å². The van der Waals surface area contributed by atoms with Crippen LogP contribution >= 0.6 is 0 Å². The maximum atomic E-state index is 5.98. The second-order valence-electron chi connectivity index (χ2n) is 5.05. The van der Waals surface area contributed by atoms with Gasteiger partial charge in [-0.1, -0.05) is 13.8 Å². The summed E-state index contributed by atoms with van der Waals surface area (Å²) in [4.78, 5) is 6.14. The summed E-state index contributed by atoms with van der Waals surface area (Å²) in [6, 6.07) is 4.01. The number of hydrogen-bond acceptors (Lipinski definition) is 5. The molecular weight excluding hydrogens is 262 g/mol. The summed E-state index contributed by atoms with van der Waals surface area (Å²) in [7, 11) is 2.02. The molecule has 2 aromatic rings. The molecule has 2 rings (SSSR count). The number of nitrogens with zero attached hydrogens (tertiary/aromatic N) is 4. The van der Waals surface area contributed by atoms with Gasteiger partial charge in [-0.3, -0.25) is 4.98 Å². The van der Waals surface area contributed by atoms with Crippen molar-refractivity contribution in [2.45, 2.75) is 39.8 Å². The van der Waals surface area contributed by atoms with E-state index in [0.29, 0.717) is 6.54 Å². The Morgan fingerprint density at radius 3 is 2.33 bits per heavy atom. The van der Waals surface area contributed by atoms with Crippen molar-refractivity contribution in [3.63, 3.8) is 0 Å². The zero-order chi connectivity index (χ0) is 15.2. The molecule has 0 fully saturated rings. The van der Waals surface area contributed by atoms with Crippen LogP contribution in [0.3, 0.4) is 0 Å². The van der Waals surface area contributed by atoms with E-state index in [0.717, 1.165) is 36.5 Å². The minimum atomic E-state index is 0.488. The summed E-state index contributed by atoms with van der Waals surface area (Å²) in [5.41, 5.74) is 10.6. The zero-order valence-corrected chi connectivity index (χ0v) is 13.0. The highest BCUT2D eigenvalue weighted by atomic mass is 15.2. The molecule has 0 amide bonds. The fourth-order valence-corrected chi connectivity index (χ4v) is 2.60. The molecule has 0 bridgehead atoms. The topological polar surface area (TPSA) is 67.9 Å². The molecule has 5 heteroatoms. The summed E-state index contributed by atoms with van der Waals surface area (Å²) in [5.74, 6) is 0.878. The third kappa shape index (κ3) is 3.36. The number of rotatable bonds is 6. The van der Waals surface area contributed by atoms with Gasteiger partial charge in [-0.2, -0.15) is 5.10 Å². The van der Waals surface area contributed by atoms with Crippen molar-refractivity contribution < 1.29 is 0 Å². The largest absolute Gasteiger partial charge is 0.354 e. The Hall–Kier alpha value is -2.01. The second-order valence-corrected chi connectivity index (χ2v) is 5.05. The van der Waals surface area contributed by atoms with Crippen molar-refractivity contribution in [1.29, 1.82) is 0 Å². The SMILES string of the molecule is CCc1nnc(N(C)Cc2ccncc2)c(CN)c1CC. The highest BCUT2D eigenvalue weighted by molar-refractivity contribution is 5.51. The minimum absolute atomic E-state index is 0.488. The van der Waals surface area contributed by atoms with Gasteiger partial charge >= 0.3 is 0 Å².